The molecular weight excluding hydrogens is 255 g/mol. The summed E-state index contributed by atoms with van der Waals surface area (Å²) in [5.41, 5.74) is -5.21. The lowest BCUT2D eigenvalue weighted by atomic mass is 9.80. The Morgan fingerprint density at radius 1 is 1.12 bits per heavy atom. The van der Waals surface area contributed by atoms with Crippen molar-refractivity contribution >= 4 is 10.0 Å². The van der Waals surface area contributed by atoms with Crippen molar-refractivity contribution in [3.63, 3.8) is 0 Å². The molecule has 1 aliphatic rings. The normalized spacial score (nSPS) is 27.4. The Balaban J connectivity index is 2.52. The number of halogens is 3. The second-order valence-corrected chi connectivity index (χ2v) is 6.63. The maximum atomic E-state index is 12.1. The van der Waals surface area contributed by atoms with E-state index in [2.05, 4.69) is 13.8 Å². The molecular formula is C10H18F3NO2S. The summed E-state index contributed by atoms with van der Waals surface area (Å²) in [5.74, 6) is 0.983. The molecule has 1 saturated carbocycles. The van der Waals surface area contributed by atoms with Crippen molar-refractivity contribution in [2.75, 3.05) is 0 Å². The summed E-state index contributed by atoms with van der Waals surface area (Å²) >= 11 is 0. The smallest absolute Gasteiger partial charge is 0.204 e. The van der Waals surface area contributed by atoms with Crippen LogP contribution in [0.4, 0.5) is 13.2 Å². The molecule has 1 aliphatic carbocycles. The molecule has 1 N–H and O–H groups in total. The minimum atomic E-state index is -5.21. The molecule has 0 aromatic carbocycles. The largest absolute Gasteiger partial charge is 0.511 e. The molecule has 0 amide bonds. The number of sulfonamides is 1. The maximum Gasteiger partial charge on any atom is 0.511 e. The number of hydrogen-bond donors (Lipinski definition) is 1. The molecule has 0 aliphatic heterocycles. The highest BCUT2D eigenvalue weighted by Crippen LogP contribution is 2.31. The van der Waals surface area contributed by atoms with Gasteiger partial charge in [0.05, 0.1) is 0 Å². The summed E-state index contributed by atoms with van der Waals surface area (Å²) in [4.78, 5) is 0. The van der Waals surface area contributed by atoms with Crippen molar-refractivity contribution in [3.8, 4) is 0 Å². The van der Waals surface area contributed by atoms with Crippen LogP contribution in [-0.2, 0) is 10.0 Å². The van der Waals surface area contributed by atoms with Gasteiger partial charge < -0.3 is 0 Å². The highest BCUT2D eigenvalue weighted by atomic mass is 32.2. The van der Waals surface area contributed by atoms with Crippen LogP contribution in [0.25, 0.3) is 0 Å². The molecule has 3 nitrogen and oxygen atoms in total. The summed E-state index contributed by atoms with van der Waals surface area (Å²) in [6.45, 7) is 4.15. The van der Waals surface area contributed by atoms with Crippen molar-refractivity contribution in [1.29, 1.82) is 0 Å². The molecule has 0 aromatic rings. The number of nitrogens with one attached hydrogen (secondary N) is 1. The summed E-state index contributed by atoms with van der Waals surface area (Å²) in [6.07, 6.45) is 2.53. The summed E-state index contributed by atoms with van der Waals surface area (Å²) in [7, 11) is -5.19. The molecule has 17 heavy (non-hydrogen) atoms. The van der Waals surface area contributed by atoms with Crippen LogP contribution in [0.5, 0.6) is 0 Å². The van der Waals surface area contributed by atoms with Gasteiger partial charge in [-0.3, -0.25) is 0 Å². The van der Waals surface area contributed by atoms with Crippen LogP contribution < -0.4 is 4.72 Å². The van der Waals surface area contributed by atoms with Crippen molar-refractivity contribution in [1.82, 2.24) is 4.72 Å². The van der Waals surface area contributed by atoms with E-state index in [0.29, 0.717) is 24.7 Å². The lowest BCUT2D eigenvalue weighted by Gasteiger charge is -2.31. The van der Waals surface area contributed by atoms with E-state index in [-0.39, 0.29) is 0 Å². The quantitative estimate of drug-likeness (QED) is 0.859. The van der Waals surface area contributed by atoms with Crippen LogP contribution in [0.15, 0.2) is 0 Å². The Hall–Kier alpha value is -0.300. The van der Waals surface area contributed by atoms with Gasteiger partial charge in [-0.05, 0) is 37.5 Å². The highest BCUT2D eigenvalue weighted by Gasteiger charge is 2.47. The van der Waals surface area contributed by atoms with Gasteiger partial charge in [-0.25, -0.2) is 13.1 Å². The number of alkyl halides is 3. The molecule has 0 aromatic heterocycles. The van der Waals surface area contributed by atoms with Gasteiger partial charge in [-0.2, -0.15) is 13.2 Å². The first kappa shape index (κ1) is 14.8. The number of rotatable bonds is 3. The molecule has 0 bridgehead atoms. The molecule has 0 unspecified atom stereocenters. The van der Waals surface area contributed by atoms with Gasteiger partial charge in [-0.15, -0.1) is 0 Å². The first-order valence-electron chi connectivity index (χ1n) is 5.72. The van der Waals surface area contributed by atoms with Crippen LogP contribution in [-0.4, -0.2) is 20.0 Å². The molecule has 1 rings (SSSR count). The van der Waals surface area contributed by atoms with Crippen LogP contribution in [0.1, 0.15) is 39.5 Å². The standard InChI is InChI=1S/C10H18F3NO2S/c1-7(2)8-3-5-9(6-4-8)14-17(15,16)10(11,12)13/h7-9,14H,3-6H2,1-2H3. The molecule has 0 radical (unpaired) electrons. The molecule has 102 valence electrons. The zero-order valence-corrected chi connectivity index (χ0v) is 10.7. The number of hydrogen-bond acceptors (Lipinski definition) is 2. The van der Waals surface area contributed by atoms with E-state index >= 15 is 0 Å². The zero-order chi connectivity index (χ0) is 13.3. The monoisotopic (exact) mass is 273 g/mol. The van der Waals surface area contributed by atoms with Crippen molar-refractivity contribution < 1.29 is 21.6 Å². The second kappa shape index (κ2) is 5.14. The van der Waals surface area contributed by atoms with Gasteiger partial charge in [0.2, 0.25) is 0 Å². The molecule has 0 atom stereocenters. The van der Waals surface area contributed by atoms with Gasteiger partial charge in [0, 0.05) is 6.04 Å². The fraction of sp³-hybridized carbons (Fsp3) is 1.00. The highest BCUT2D eigenvalue weighted by molar-refractivity contribution is 7.90. The van der Waals surface area contributed by atoms with E-state index < -0.39 is 21.6 Å². The van der Waals surface area contributed by atoms with E-state index in [1.807, 2.05) is 0 Å². The van der Waals surface area contributed by atoms with Crippen LogP contribution in [0, 0.1) is 11.8 Å². The SMILES string of the molecule is CC(C)C1CCC(NS(=O)(=O)C(F)(F)F)CC1. The van der Waals surface area contributed by atoms with Crippen LogP contribution in [0.3, 0.4) is 0 Å². The summed E-state index contributed by atoms with van der Waals surface area (Å²) in [5, 5.41) is 0. The van der Waals surface area contributed by atoms with Crippen molar-refractivity contribution in [3.05, 3.63) is 0 Å². The minimum absolute atomic E-state index is 0.484. The third-order valence-corrected chi connectivity index (χ3v) is 4.59. The fourth-order valence-corrected chi connectivity index (χ4v) is 3.00. The van der Waals surface area contributed by atoms with Gasteiger partial charge in [0.25, 0.3) is 0 Å². The third-order valence-electron chi connectivity index (χ3n) is 3.34. The first-order valence-corrected chi connectivity index (χ1v) is 7.20. The van der Waals surface area contributed by atoms with E-state index in [1.54, 1.807) is 4.72 Å². The van der Waals surface area contributed by atoms with E-state index in [1.165, 1.54) is 0 Å². The first-order chi connectivity index (χ1) is 7.63. The average Bonchev–Trinajstić information content (AvgIpc) is 2.16. The average molecular weight is 273 g/mol. The van der Waals surface area contributed by atoms with Gasteiger partial charge in [-0.1, -0.05) is 13.8 Å². The van der Waals surface area contributed by atoms with Crippen molar-refractivity contribution in [2.45, 2.75) is 51.1 Å². The van der Waals surface area contributed by atoms with E-state index in [9.17, 15) is 21.6 Å². The summed E-state index contributed by atoms with van der Waals surface area (Å²) in [6, 6.07) is -0.573. The van der Waals surface area contributed by atoms with Gasteiger partial charge in [0.1, 0.15) is 0 Å². The summed E-state index contributed by atoms with van der Waals surface area (Å²) < 4.78 is 60.0. The van der Waals surface area contributed by atoms with E-state index in [4.69, 9.17) is 0 Å². The topological polar surface area (TPSA) is 46.2 Å². The Bertz CT molecular complexity index is 343. The molecule has 0 saturated heterocycles. The molecule has 1 fully saturated rings. The fourth-order valence-electron chi connectivity index (χ4n) is 2.19. The van der Waals surface area contributed by atoms with Crippen LogP contribution in [0.2, 0.25) is 0 Å². The second-order valence-electron chi connectivity index (χ2n) is 4.92. The molecule has 0 spiro atoms. The van der Waals surface area contributed by atoms with Gasteiger partial charge >= 0.3 is 15.5 Å². The predicted molar refractivity (Wildman–Crippen MR) is 58.7 cm³/mol. The minimum Gasteiger partial charge on any atom is -0.204 e. The van der Waals surface area contributed by atoms with Gasteiger partial charge in [0.15, 0.2) is 0 Å². The molecule has 7 heteroatoms. The molecule has 0 heterocycles. The van der Waals surface area contributed by atoms with Crippen LogP contribution >= 0.6 is 0 Å². The zero-order valence-electron chi connectivity index (χ0n) is 9.92. The third kappa shape index (κ3) is 3.84. The van der Waals surface area contributed by atoms with Crippen molar-refractivity contribution in [2.24, 2.45) is 11.8 Å². The Morgan fingerprint density at radius 3 is 1.94 bits per heavy atom. The lowest BCUT2D eigenvalue weighted by Crippen LogP contribution is -2.44. The Kier molecular flexibility index (Phi) is 4.46. The predicted octanol–water partition coefficient (Wildman–Crippen LogP) is 2.64. The van der Waals surface area contributed by atoms with E-state index in [0.717, 1.165) is 12.8 Å². The lowest BCUT2D eigenvalue weighted by molar-refractivity contribution is -0.0452. The maximum absolute atomic E-state index is 12.1. The Labute approximate surface area is 99.8 Å². The Morgan fingerprint density at radius 2 is 1.59 bits per heavy atom.